The van der Waals surface area contributed by atoms with E-state index in [4.69, 9.17) is 10.0 Å². The van der Waals surface area contributed by atoms with Gasteiger partial charge in [-0.15, -0.1) is 0 Å². The third-order valence-electron chi connectivity index (χ3n) is 8.10. The Labute approximate surface area is 325 Å². The summed E-state index contributed by atoms with van der Waals surface area (Å²) in [6.45, 7) is 0. The van der Waals surface area contributed by atoms with Gasteiger partial charge in [-0.3, -0.25) is 0 Å². The van der Waals surface area contributed by atoms with Gasteiger partial charge in [-0.25, -0.2) is 8.42 Å². The molecule has 0 amide bonds. The normalized spacial score (nSPS) is 12.1. The Bertz CT molecular complexity index is 2500. The highest BCUT2D eigenvalue weighted by molar-refractivity contribution is 8.46. The lowest BCUT2D eigenvalue weighted by Crippen LogP contribution is -2.29. The Morgan fingerprint density at radius 1 is 0.474 bits per heavy atom. The molecule has 7 nitrogen and oxygen atoms in total. The molecular formula is C40H30BF6O7PS2. The maximum Gasteiger partial charge on any atom is 0.534 e. The van der Waals surface area contributed by atoms with Crippen molar-refractivity contribution in [2.75, 3.05) is 0 Å². The van der Waals surface area contributed by atoms with Crippen LogP contribution in [-0.4, -0.2) is 45.0 Å². The Morgan fingerprint density at radius 2 is 0.895 bits per heavy atom. The molecule has 0 aromatic heterocycles. The molecule has 0 heterocycles. The molecule has 0 saturated heterocycles. The number of rotatable bonds is 7. The van der Waals surface area contributed by atoms with E-state index in [1.165, 1.54) is 33.0 Å². The first-order valence-corrected chi connectivity index (χ1v) is 21.2. The minimum atomic E-state index is -6.01. The van der Waals surface area contributed by atoms with Gasteiger partial charge in [-0.05, 0) is 55.2 Å². The quantitative estimate of drug-likeness (QED) is 0.0542. The predicted molar refractivity (Wildman–Crippen MR) is 214 cm³/mol. The zero-order chi connectivity index (χ0) is 41.4. The van der Waals surface area contributed by atoms with E-state index < -0.39 is 51.2 Å². The molecule has 0 fully saturated rings. The summed E-state index contributed by atoms with van der Waals surface area (Å²) in [6, 6.07) is 49.2. The fourth-order valence-corrected chi connectivity index (χ4v) is 8.61. The van der Waals surface area contributed by atoms with Crippen molar-refractivity contribution in [3.8, 4) is 28.0 Å². The maximum absolute atomic E-state index is 12.5. The standard InChI is InChI=1S/C22H16.C12H7F6O5PS2.C6H7BO2/c1-3-9-17(10-4-1)19-13-7-16-22-20(14-8-15-21(19)22)18-11-5-2-6-12-18;13-11(14,15)25(19,20)23-9-5-1-4-8-7(9)3-2-6-10(8)24-26(21,22)12(16,17)18;8-7(9)6-4-2-1-3-5-6/h1-16H;1-6,24H;1-5,8-9H. The number of fused-ring (bicyclic) bond motifs is 2. The summed E-state index contributed by atoms with van der Waals surface area (Å²) in [4.78, 5) is 0. The van der Waals surface area contributed by atoms with Crippen molar-refractivity contribution in [2.24, 2.45) is 0 Å². The van der Waals surface area contributed by atoms with Gasteiger partial charge in [-0.1, -0.05) is 158 Å². The van der Waals surface area contributed by atoms with Crippen molar-refractivity contribution in [3.63, 3.8) is 0 Å². The lowest BCUT2D eigenvalue weighted by atomic mass is 9.81. The molecule has 0 aliphatic heterocycles. The van der Waals surface area contributed by atoms with Crippen LogP contribution >= 0.6 is 7.78 Å². The average Bonchev–Trinajstić information content (AvgIpc) is 3.18. The Balaban J connectivity index is 0.000000180. The fraction of sp³-hybridized carbons (Fsp3) is 0.0500. The molecule has 0 radical (unpaired) electrons. The van der Waals surface area contributed by atoms with Crippen LogP contribution in [0.5, 0.6) is 5.75 Å². The topological polar surface area (TPSA) is 118 Å². The minimum absolute atomic E-state index is 0.187. The van der Waals surface area contributed by atoms with Crippen molar-refractivity contribution in [1.82, 2.24) is 0 Å². The molecule has 0 saturated carbocycles. The van der Waals surface area contributed by atoms with Gasteiger partial charge in [0.25, 0.3) is 9.46 Å². The molecule has 17 heteroatoms. The van der Waals surface area contributed by atoms with Gasteiger partial charge in [0.15, 0.2) is 5.75 Å². The summed E-state index contributed by atoms with van der Waals surface area (Å²) in [7, 11) is -14.6. The third-order valence-corrected chi connectivity index (χ3v) is 12.8. The van der Waals surface area contributed by atoms with E-state index in [1.54, 1.807) is 24.3 Å². The SMILES string of the molecule is O=S(=O)(Oc1cccc2c(PS(=O)(=O)C(F)(F)F)cccc12)C(F)(F)F.OB(O)c1ccccc1.c1ccc(-c2cccc3c(-c4ccccc4)cccc23)cc1. The smallest absolute Gasteiger partial charge is 0.423 e. The van der Waals surface area contributed by atoms with Crippen LogP contribution in [0.2, 0.25) is 0 Å². The van der Waals surface area contributed by atoms with Gasteiger partial charge < -0.3 is 14.2 Å². The lowest BCUT2D eigenvalue weighted by molar-refractivity contribution is -0.0500. The highest BCUT2D eigenvalue weighted by Crippen LogP contribution is 2.39. The van der Waals surface area contributed by atoms with Crippen LogP contribution in [0, 0.1) is 0 Å². The summed E-state index contributed by atoms with van der Waals surface area (Å²) in [5.74, 6) is -0.795. The lowest BCUT2D eigenvalue weighted by Gasteiger charge is -2.13. The van der Waals surface area contributed by atoms with Crippen LogP contribution in [0.15, 0.2) is 164 Å². The van der Waals surface area contributed by atoms with Gasteiger partial charge in [0, 0.05) is 13.2 Å². The van der Waals surface area contributed by atoms with Gasteiger partial charge in [0.05, 0.1) is 0 Å². The van der Waals surface area contributed by atoms with Crippen LogP contribution in [-0.2, 0) is 19.6 Å². The molecule has 57 heavy (non-hydrogen) atoms. The summed E-state index contributed by atoms with van der Waals surface area (Å²) < 4.78 is 124. The van der Waals surface area contributed by atoms with E-state index in [0.717, 1.165) is 36.4 Å². The van der Waals surface area contributed by atoms with Crippen LogP contribution in [0.1, 0.15) is 0 Å². The zero-order valence-corrected chi connectivity index (χ0v) is 31.8. The van der Waals surface area contributed by atoms with Gasteiger partial charge >= 0.3 is 28.3 Å². The van der Waals surface area contributed by atoms with Crippen molar-refractivity contribution < 1.29 is 57.4 Å². The van der Waals surface area contributed by atoms with Crippen LogP contribution in [0.4, 0.5) is 26.3 Å². The summed E-state index contributed by atoms with van der Waals surface area (Å²) in [6.07, 6.45) is 0. The molecule has 0 spiro atoms. The molecule has 0 bridgehead atoms. The monoisotopic (exact) mass is 842 g/mol. The molecule has 7 aromatic carbocycles. The highest BCUT2D eigenvalue weighted by atomic mass is 32.8. The molecule has 1 atom stereocenters. The van der Waals surface area contributed by atoms with Crippen molar-refractivity contribution in [2.45, 2.75) is 11.0 Å². The van der Waals surface area contributed by atoms with Gasteiger partial charge in [-0.2, -0.15) is 34.8 Å². The second-order valence-corrected chi connectivity index (χ2v) is 17.9. The van der Waals surface area contributed by atoms with Gasteiger partial charge in [0.1, 0.15) is 0 Å². The second-order valence-electron chi connectivity index (χ2n) is 11.9. The van der Waals surface area contributed by atoms with Crippen molar-refractivity contribution >= 4 is 66.8 Å². The fourth-order valence-electron chi connectivity index (χ4n) is 5.48. The van der Waals surface area contributed by atoms with Crippen molar-refractivity contribution in [1.29, 1.82) is 0 Å². The summed E-state index contributed by atoms with van der Waals surface area (Å²) in [5, 5.41) is 18.9. The van der Waals surface area contributed by atoms with E-state index in [2.05, 4.69) is 101 Å². The van der Waals surface area contributed by atoms with Crippen LogP contribution < -0.4 is 15.0 Å². The Hall–Kier alpha value is -5.25. The van der Waals surface area contributed by atoms with E-state index >= 15 is 0 Å². The molecular weight excluding hydrogens is 812 g/mol. The largest absolute Gasteiger partial charge is 0.534 e. The molecule has 7 aromatic rings. The number of hydrogen-bond acceptors (Lipinski definition) is 7. The first-order chi connectivity index (χ1) is 26.9. The number of alkyl halides is 6. The molecule has 1 unspecified atom stereocenters. The van der Waals surface area contributed by atoms with E-state index in [1.807, 2.05) is 6.07 Å². The van der Waals surface area contributed by atoms with E-state index in [9.17, 15) is 43.2 Å². The number of hydrogen-bond donors (Lipinski definition) is 2. The Morgan fingerprint density at radius 3 is 1.33 bits per heavy atom. The minimum Gasteiger partial charge on any atom is -0.423 e. The molecule has 294 valence electrons. The highest BCUT2D eigenvalue weighted by Gasteiger charge is 2.49. The van der Waals surface area contributed by atoms with Gasteiger partial charge in [0.2, 0.25) is 0 Å². The third kappa shape index (κ3) is 10.6. The van der Waals surface area contributed by atoms with Crippen LogP contribution in [0.3, 0.4) is 0 Å². The molecule has 0 aliphatic rings. The van der Waals surface area contributed by atoms with E-state index in [-0.39, 0.29) is 16.1 Å². The number of benzene rings is 7. The molecule has 0 aliphatic carbocycles. The zero-order valence-electron chi connectivity index (χ0n) is 29.2. The predicted octanol–water partition coefficient (Wildman–Crippen LogP) is 8.76. The van der Waals surface area contributed by atoms with Crippen molar-refractivity contribution in [3.05, 3.63) is 164 Å². The number of halogens is 6. The average molecular weight is 843 g/mol. The summed E-state index contributed by atoms with van der Waals surface area (Å²) >= 11 is 0. The summed E-state index contributed by atoms with van der Waals surface area (Å²) in [5.41, 5.74) is -5.60. The van der Waals surface area contributed by atoms with Crippen LogP contribution in [0.25, 0.3) is 43.8 Å². The first-order valence-electron chi connectivity index (χ1n) is 16.5. The first kappa shape index (κ1) is 42.9. The molecule has 7 rings (SSSR count). The molecule has 2 N–H and O–H groups in total. The van der Waals surface area contributed by atoms with E-state index in [0.29, 0.717) is 5.46 Å². The second kappa shape index (κ2) is 17.9. The Kier molecular flexibility index (Phi) is 13.5. The maximum atomic E-state index is 12.5.